The lowest BCUT2D eigenvalue weighted by Gasteiger charge is -2.36. The zero-order valence-corrected chi connectivity index (χ0v) is 13.6. The van der Waals surface area contributed by atoms with E-state index in [0.717, 1.165) is 32.6 Å². The summed E-state index contributed by atoms with van der Waals surface area (Å²) in [6.45, 7) is 7.62. The monoisotopic (exact) mass is 334 g/mol. The Kier molecular flexibility index (Phi) is 5.75. The van der Waals surface area contributed by atoms with Crippen LogP contribution in [0.4, 0.5) is 13.2 Å². The van der Waals surface area contributed by atoms with Crippen molar-refractivity contribution in [1.29, 1.82) is 0 Å². The number of nitrogens with zero attached hydrogens (tertiary/aromatic N) is 1. The summed E-state index contributed by atoms with van der Waals surface area (Å²) in [6, 6.07) is 4.32. The van der Waals surface area contributed by atoms with Gasteiger partial charge in [-0.3, -0.25) is 4.90 Å². The minimum Gasteiger partial charge on any atom is -0.314 e. The third kappa shape index (κ3) is 4.37. The molecule has 1 aromatic rings. The Balaban J connectivity index is 2.34. The van der Waals surface area contributed by atoms with Crippen molar-refractivity contribution < 1.29 is 13.2 Å². The van der Waals surface area contributed by atoms with Crippen molar-refractivity contribution in [2.24, 2.45) is 5.92 Å². The summed E-state index contributed by atoms with van der Waals surface area (Å²) in [7, 11) is 0. The second kappa shape index (κ2) is 7.20. The number of hydrogen-bond acceptors (Lipinski definition) is 2. The van der Waals surface area contributed by atoms with E-state index in [0.29, 0.717) is 11.5 Å². The maximum Gasteiger partial charge on any atom is 0.417 e. The summed E-state index contributed by atoms with van der Waals surface area (Å²) >= 11 is 5.73. The molecule has 1 aromatic carbocycles. The molecule has 1 aliphatic heterocycles. The van der Waals surface area contributed by atoms with Crippen LogP contribution < -0.4 is 5.32 Å². The number of benzene rings is 1. The van der Waals surface area contributed by atoms with Gasteiger partial charge in [0.05, 0.1) is 10.6 Å². The van der Waals surface area contributed by atoms with Crippen LogP contribution in [0.3, 0.4) is 0 Å². The predicted molar refractivity (Wildman–Crippen MR) is 83.1 cm³/mol. The van der Waals surface area contributed by atoms with E-state index in [9.17, 15) is 13.2 Å². The van der Waals surface area contributed by atoms with Crippen molar-refractivity contribution >= 4 is 11.6 Å². The van der Waals surface area contributed by atoms with Gasteiger partial charge < -0.3 is 5.32 Å². The summed E-state index contributed by atoms with van der Waals surface area (Å²) < 4.78 is 39.3. The second-order valence-corrected chi connectivity index (χ2v) is 6.58. The third-order valence-electron chi connectivity index (χ3n) is 3.97. The molecule has 6 heteroatoms. The van der Waals surface area contributed by atoms with Gasteiger partial charge in [-0.05, 0) is 30.0 Å². The van der Waals surface area contributed by atoms with Crippen LogP contribution in [-0.2, 0) is 6.18 Å². The number of piperazine rings is 1. The summed E-state index contributed by atoms with van der Waals surface area (Å²) in [6.07, 6.45) is -3.59. The zero-order valence-electron chi connectivity index (χ0n) is 12.9. The van der Waals surface area contributed by atoms with E-state index in [4.69, 9.17) is 11.6 Å². The molecule has 0 spiro atoms. The predicted octanol–water partition coefficient (Wildman–Crippen LogP) is 4.35. The zero-order chi connectivity index (χ0) is 16.3. The van der Waals surface area contributed by atoms with E-state index < -0.39 is 11.7 Å². The lowest BCUT2D eigenvalue weighted by atomic mass is 9.93. The molecule has 1 N–H and O–H groups in total. The highest BCUT2D eigenvalue weighted by Gasteiger charge is 2.34. The molecule has 1 saturated heterocycles. The molecule has 0 bridgehead atoms. The van der Waals surface area contributed by atoms with Gasteiger partial charge in [0.25, 0.3) is 0 Å². The van der Waals surface area contributed by atoms with Gasteiger partial charge in [-0.25, -0.2) is 0 Å². The van der Waals surface area contributed by atoms with Gasteiger partial charge in [-0.2, -0.15) is 13.2 Å². The average molecular weight is 335 g/mol. The van der Waals surface area contributed by atoms with Crippen LogP contribution in [0.25, 0.3) is 0 Å². The molecule has 0 radical (unpaired) electrons. The smallest absolute Gasteiger partial charge is 0.314 e. The van der Waals surface area contributed by atoms with Crippen LogP contribution in [0.2, 0.25) is 5.02 Å². The molecule has 0 saturated carbocycles. The van der Waals surface area contributed by atoms with Gasteiger partial charge in [0.2, 0.25) is 0 Å². The molecule has 124 valence electrons. The van der Waals surface area contributed by atoms with Gasteiger partial charge in [0, 0.05) is 32.2 Å². The Labute approximate surface area is 134 Å². The average Bonchev–Trinajstić information content (AvgIpc) is 2.45. The van der Waals surface area contributed by atoms with Gasteiger partial charge in [-0.15, -0.1) is 0 Å². The molecule has 1 atom stereocenters. The first kappa shape index (κ1) is 17.6. The molecule has 2 rings (SSSR count). The first-order valence-corrected chi connectivity index (χ1v) is 7.98. The minimum absolute atomic E-state index is 0.000432. The van der Waals surface area contributed by atoms with E-state index in [1.165, 1.54) is 12.1 Å². The topological polar surface area (TPSA) is 15.3 Å². The lowest BCUT2D eigenvalue weighted by molar-refractivity contribution is -0.137. The fraction of sp³-hybridized carbons (Fsp3) is 0.625. The number of rotatable bonds is 4. The number of alkyl halides is 3. The molecule has 1 fully saturated rings. The van der Waals surface area contributed by atoms with Crippen molar-refractivity contribution in [1.82, 2.24) is 10.2 Å². The maximum atomic E-state index is 13.1. The Bertz CT molecular complexity index is 497. The first-order valence-electron chi connectivity index (χ1n) is 7.60. The Morgan fingerprint density at radius 1 is 1.23 bits per heavy atom. The molecule has 2 nitrogen and oxygen atoms in total. The molecule has 1 heterocycles. The molecule has 1 aliphatic rings. The first-order chi connectivity index (χ1) is 10.3. The highest BCUT2D eigenvalue weighted by Crippen LogP contribution is 2.38. The van der Waals surface area contributed by atoms with Crippen LogP contribution in [0.15, 0.2) is 18.2 Å². The fourth-order valence-electron chi connectivity index (χ4n) is 2.90. The van der Waals surface area contributed by atoms with E-state index in [2.05, 4.69) is 24.1 Å². The fourth-order valence-corrected chi connectivity index (χ4v) is 3.13. The molecule has 0 amide bonds. The van der Waals surface area contributed by atoms with E-state index in [1.54, 1.807) is 6.07 Å². The molecule has 0 aliphatic carbocycles. The van der Waals surface area contributed by atoms with E-state index >= 15 is 0 Å². The van der Waals surface area contributed by atoms with Crippen molar-refractivity contribution in [3.63, 3.8) is 0 Å². The van der Waals surface area contributed by atoms with Gasteiger partial charge in [0.15, 0.2) is 0 Å². The van der Waals surface area contributed by atoms with Gasteiger partial charge >= 0.3 is 6.18 Å². The number of halogens is 4. The van der Waals surface area contributed by atoms with E-state index in [-0.39, 0.29) is 11.1 Å². The Morgan fingerprint density at radius 3 is 2.41 bits per heavy atom. The SMILES string of the molecule is CC(C)C[C@@H](c1ccc(Cl)c(C(F)(F)F)c1)N1CCNCC1. The van der Waals surface area contributed by atoms with Crippen molar-refractivity contribution in [2.45, 2.75) is 32.5 Å². The molecular weight excluding hydrogens is 313 g/mol. The van der Waals surface area contributed by atoms with Crippen molar-refractivity contribution in [3.8, 4) is 0 Å². The summed E-state index contributed by atoms with van der Waals surface area (Å²) in [5.41, 5.74) is -0.0390. The Morgan fingerprint density at radius 2 is 1.86 bits per heavy atom. The number of hydrogen-bond donors (Lipinski definition) is 1. The third-order valence-corrected chi connectivity index (χ3v) is 4.30. The molecular formula is C16H22ClF3N2. The largest absolute Gasteiger partial charge is 0.417 e. The minimum atomic E-state index is -4.42. The van der Waals surface area contributed by atoms with Crippen molar-refractivity contribution in [3.05, 3.63) is 34.3 Å². The standard InChI is InChI=1S/C16H22ClF3N2/c1-11(2)9-15(22-7-5-21-6-8-22)12-3-4-14(17)13(10-12)16(18,19)20/h3-4,10-11,15,21H,5-9H2,1-2H3/t15-/m0/s1. The molecule has 0 unspecified atom stereocenters. The lowest BCUT2D eigenvalue weighted by Crippen LogP contribution is -2.45. The van der Waals surface area contributed by atoms with E-state index in [1.807, 2.05) is 0 Å². The van der Waals surface area contributed by atoms with Crippen LogP contribution in [0, 0.1) is 5.92 Å². The maximum absolute atomic E-state index is 13.1. The second-order valence-electron chi connectivity index (χ2n) is 6.17. The highest BCUT2D eigenvalue weighted by molar-refractivity contribution is 6.31. The van der Waals surface area contributed by atoms with Crippen LogP contribution in [0.1, 0.15) is 37.4 Å². The van der Waals surface area contributed by atoms with Crippen LogP contribution in [-0.4, -0.2) is 31.1 Å². The van der Waals surface area contributed by atoms with Crippen LogP contribution >= 0.6 is 11.6 Å². The normalized spacial score (nSPS) is 18.7. The van der Waals surface area contributed by atoms with Crippen molar-refractivity contribution in [2.75, 3.05) is 26.2 Å². The quantitative estimate of drug-likeness (QED) is 0.880. The van der Waals surface area contributed by atoms with Crippen LogP contribution in [0.5, 0.6) is 0 Å². The highest BCUT2D eigenvalue weighted by atomic mass is 35.5. The summed E-state index contributed by atoms with van der Waals surface area (Å²) in [5, 5.41) is 3.04. The summed E-state index contributed by atoms with van der Waals surface area (Å²) in [4.78, 5) is 2.26. The number of nitrogens with one attached hydrogen (secondary N) is 1. The van der Waals surface area contributed by atoms with Gasteiger partial charge in [-0.1, -0.05) is 31.5 Å². The molecule has 0 aromatic heterocycles. The Hall–Kier alpha value is -0.780. The van der Waals surface area contributed by atoms with Gasteiger partial charge in [0.1, 0.15) is 0 Å². The summed E-state index contributed by atoms with van der Waals surface area (Å²) in [5.74, 6) is 0.407. The molecule has 22 heavy (non-hydrogen) atoms.